The van der Waals surface area contributed by atoms with Gasteiger partial charge in [0.15, 0.2) is 0 Å². The molecule has 0 spiro atoms. The third-order valence-corrected chi connectivity index (χ3v) is 3.79. The van der Waals surface area contributed by atoms with Crippen molar-refractivity contribution in [2.24, 2.45) is 0 Å². The molecule has 2 N–H and O–H groups in total. The highest BCUT2D eigenvalue weighted by Crippen LogP contribution is 2.26. The lowest BCUT2D eigenvalue weighted by molar-refractivity contribution is -0.385. The Morgan fingerprint density at radius 1 is 1.08 bits per heavy atom. The zero-order chi connectivity index (χ0) is 17.7. The summed E-state index contributed by atoms with van der Waals surface area (Å²) in [5.41, 5.74) is 4.30. The first-order valence-corrected chi connectivity index (χ1v) is 7.68. The molecule has 0 heterocycles. The highest BCUT2D eigenvalue weighted by molar-refractivity contribution is 5.81. The van der Waals surface area contributed by atoms with Gasteiger partial charge in [0.05, 0.1) is 11.5 Å². The largest absolute Gasteiger partial charge is 0.376 e. The van der Waals surface area contributed by atoms with Crippen LogP contribution in [0.2, 0.25) is 0 Å². The molecule has 24 heavy (non-hydrogen) atoms. The fraction of sp³-hybridized carbons (Fsp3) is 0.278. The molecule has 0 aliphatic heterocycles. The Balaban J connectivity index is 1.93. The van der Waals surface area contributed by atoms with Crippen molar-refractivity contribution in [1.82, 2.24) is 5.32 Å². The molecule has 2 aromatic carbocycles. The summed E-state index contributed by atoms with van der Waals surface area (Å²) in [5, 5.41) is 16.8. The van der Waals surface area contributed by atoms with Gasteiger partial charge in [-0.15, -0.1) is 0 Å². The number of nitrogens with one attached hydrogen (secondary N) is 2. The van der Waals surface area contributed by atoms with Crippen molar-refractivity contribution in [2.75, 3.05) is 11.9 Å². The predicted octanol–water partition coefficient (Wildman–Crippen LogP) is 3.25. The zero-order valence-electron chi connectivity index (χ0n) is 14.1. The maximum absolute atomic E-state index is 11.9. The van der Waals surface area contributed by atoms with Crippen molar-refractivity contribution in [3.05, 3.63) is 68.8 Å². The summed E-state index contributed by atoms with van der Waals surface area (Å²) in [4.78, 5) is 22.5. The molecule has 0 aliphatic rings. The summed E-state index contributed by atoms with van der Waals surface area (Å²) in [5.74, 6) is -0.168. The van der Waals surface area contributed by atoms with E-state index in [0.29, 0.717) is 17.8 Å². The highest BCUT2D eigenvalue weighted by atomic mass is 16.6. The molecule has 0 radical (unpaired) electrons. The first-order valence-electron chi connectivity index (χ1n) is 7.68. The molecule has 0 saturated heterocycles. The van der Waals surface area contributed by atoms with E-state index in [0.717, 1.165) is 11.1 Å². The molecular formula is C18H21N3O3. The van der Waals surface area contributed by atoms with E-state index in [2.05, 4.69) is 10.6 Å². The van der Waals surface area contributed by atoms with Crippen LogP contribution in [0.5, 0.6) is 0 Å². The number of carbonyl (C=O) groups excluding carboxylic acids is 1. The minimum atomic E-state index is -0.419. The first-order chi connectivity index (χ1) is 11.4. The lowest BCUT2D eigenvalue weighted by atomic mass is 10.1. The lowest BCUT2D eigenvalue weighted by Gasteiger charge is -2.11. The van der Waals surface area contributed by atoms with Gasteiger partial charge >= 0.3 is 0 Å². The number of hydrogen-bond acceptors (Lipinski definition) is 4. The van der Waals surface area contributed by atoms with E-state index in [1.54, 1.807) is 13.0 Å². The minimum Gasteiger partial charge on any atom is -0.376 e. The number of nitro benzene ring substituents is 1. The van der Waals surface area contributed by atoms with Crippen molar-refractivity contribution >= 4 is 17.3 Å². The van der Waals surface area contributed by atoms with Crippen LogP contribution in [0.15, 0.2) is 36.4 Å². The molecule has 0 bridgehead atoms. The second-order valence-corrected chi connectivity index (χ2v) is 5.83. The maximum Gasteiger partial charge on any atom is 0.274 e. The molecule has 0 aromatic heterocycles. The average molecular weight is 327 g/mol. The molecule has 0 atom stereocenters. The van der Waals surface area contributed by atoms with Crippen LogP contribution in [0.3, 0.4) is 0 Å². The van der Waals surface area contributed by atoms with E-state index in [4.69, 9.17) is 0 Å². The summed E-state index contributed by atoms with van der Waals surface area (Å²) < 4.78 is 0. The lowest BCUT2D eigenvalue weighted by Crippen LogP contribution is -2.29. The number of carbonyl (C=O) groups is 1. The van der Waals surface area contributed by atoms with E-state index < -0.39 is 4.92 Å². The van der Waals surface area contributed by atoms with Crippen LogP contribution in [0.4, 0.5) is 11.4 Å². The molecule has 0 aliphatic carbocycles. The first kappa shape index (κ1) is 17.5. The molecular weight excluding hydrogens is 306 g/mol. The Labute approximate surface area is 141 Å². The monoisotopic (exact) mass is 327 g/mol. The van der Waals surface area contributed by atoms with Gasteiger partial charge in [0, 0.05) is 23.9 Å². The van der Waals surface area contributed by atoms with Gasteiger partial charge in [0.1, 0.15) is 0 Å². The maximum atomic E-state index is 11.9. The molecule has 1 amide bonds. The molecule has 6 heteroatoms. The molecule has 126 valence electrons. The van der Waals surface area contributed by atoms with Crippen molar-refractivity contribution in [3.8, 4) is 0 Å². The van der Waals surface area contributed by atoms with Gasteiger partial charge in [0.25, 0.3) is 5.69 Å². The Morgan fingerprint density at radius 2 is 1.75 bits per heavy atom. The van der Waals surface area contributed by atoms with Gasteiger partial charge in [0.2, 0.25) is 5.91 Å². The number of amides is 1. The molecule has 0 unspecified atom stereocenters. The predicted molar refractivity (Wildman–Crippen MR) is 94.1 cm³/mol. The highest BCUT2D eigenvalue weighted by Gasteiger charge is 2.14. The van der Waals surface area contributed by atoms with Crippen molar-refractivity contribution < 1.29 is 9.72 Å². The van der Waals surface area contributed by atoms with Gasteiger partial charge in [-0.1, -0.05) is 29.8 Å². The summed E-state index contributed by atoms with van der Waals surface area (Å²) in [6.45, 7) is 6.07. The zero-order valence-corrected chi connectivity index (χ0v) is 14.1. The molecule has 0 saturated carbocycles. The Morgan fingerprint density at radius 3 is 2.38 bits per heavy atom. The number of anilines is 1. The Hall–Kier alpha value is -2.89. The number of hydrogen-bond donors (Lipinski definition) is 2. The molecule has 0 fully saturated rings. The van der Waals surface area contributed by atoms with Crippen molar-refractivity contribution in [1.29, 1.82) is 0 Å². The SMILES string of the molecule is Cc1ccc(CNC(=O)CNc2cc([N+](=O)[O-])c(C)cc2C)cc1. The van der Waals surface area contributed by atoms with Crippen LogP contribution < -0.4 is 10.6 Å². The fourth-order valence-corrected chi connectivity index (χ4v) is 2.37. The smallest absolute Gasteiger partial charge is 0.274 e. The van der Waals surface area contributed by atoms with Gasteiger partial charge in [-0.3, -0.25) is 14.9 Å². The van der Waals surface area contributed by atoms with Crippen molar-refractivity contribution in [3.63, 3.8) is 0 Å². The number of nitrogens with zero attached hydrogens (tertiary/aromatic N) is 1. The van der Waals surface area contributed by atoms with Crippen LogP contribution in [-0.4, -0.2) is 17.4 Å². The molecule has 2 rings (SSSR count). The number of nitro groups is 1. The number of benzene rings is 2. The van der Waals surface area contributed by atoms with E-state index in [1.165, 1.54) is 11.6 Å². The third-order valence-electron chi connectivity index (χ3n) is 3.79. The standard InChI is InChI=1S/C18H21N3O3/c1-12-4-6-15(7-5-12)10-20-18(22)11-19-16-9-17(21(23)24)14(3)8-13(16)2/h4-9,19H,10-11H2,1-3H3,(H,20,22). The van der Waals surface area contributed by atoms with E-state index >= 15 is 0 Å². The van der Waals surface area contributed by atoms with Gasteiger partial charge < -0.3 is 10.6 Å². The van der Waals surface area contributed by atoms with E-state index in [9.17, 15) is 14.9 Å². The van der Waals surface area contributed by atoms with Crippen LogP contribution >= 0.6 is 0 Å². The summed E-state index contributed by atoms with van der Waals surface area (Å²) in [6, 6.07) is 11.1. The van der Waals surface area contributed by atoms with Gasteiger partial charge in [-0.2, -0.15) is 0 Å². The average Bonchev–Trinajstić information content (AvgIpc) is 2.53. The summed E-state index contributed by atoms with van der Waals surface area (Å²) in [6.07, 6.45) is 0. The second-order valence-electron chi connectivity index (χ2n) is 5.83. The Bertz CT molecular complexity index is 755. The molecule has 2 aromatic rings. The quantitative estimate of drug-likeness (QED) is 0.630. The van der Waals surface area contributed by atoms with Crippen LogP contribution in [0.1, 0.15) is 22.3 Å². The topological polar surface area (TPSA) is 84.3 Å². The van der Waals surface area contributed by atoms with Crippen LogP contribution in [0, 0.1) is 30.9 Å². The molecule has 6 nitrogen and oxygen atoms in total. The fourth-order valence-electron chi connectivity index (χ4n) is 2.37. The van der Waals surface area contributed by atoms with Crippen molar-refractivity contribution in [2.45, 2.75) is 27.3 Å². The Kier molecular flexibility index (Phi) is 5.52. The summed E-state index contributed by atoms with van der Waals surface area (Å²) >= 11 is 0. The number of rotatable bonds is 6. The van der Waals surface area contributed by atoms with E-state index in [-0.39, 0.29) is 18.1 Å². The van der Waals surface area contributed by atoms with Gasteiger partial charge in [-0.05, 0) is 38.0 Å². The van der Waals surface area contributed by atoms with E-state index in [1.807, 2.05) is 38.1 Å². The van der Waals surface area contributed by atoms with Gasteiger partial charge in [-0.25, -0.2) is 0 Å². The normalized spacial score (nSPS) is 10.3. The third kappa shape index (κ3) is 4.55. The number of aryl methyl sites for hydroxylation is 3. The minimum absolute atomic E-state index is 0.0446. The second kappa shape index (κ2) is 7.59. The summed E-state index contributed by atoms with van der Waals surface area (Å²) in [7, 11) is 0. The van der Waals surface area contributed by atoms with Crippen LogP contribution in [0.25, 0.3) is 0 Å². The van der Waals surface area contributed by atoms with Crippen LogP contribution in [-0.2, 0) is 11.3 Å².